The number of aliphatic hydroxyl groups excluding tert-OH is 1. The number of fused-ring (bicyclic) bond motifs is 5. The van der Waals surface area contributed by atoms with Crippen LogP contribution in [0.5, 0.6) is 0 Å². The highest BCUT2D eigenvalue weighted by atomic mass is 16.5. The van der Waals surface area contributed by atoms with Gasteiger partial charge in [-0.1, -0.05) is 43.7 Å². The van der Waals surface area contributed by atoms with E-state index in [0.29, 0.717) is 11.1 Å². The molecule has 2 aromatic rings. The minimum atomic E-state index is -0.287. The number of carbonyl (C=O) groups is 1. The maximum absolute atomic E-state index is 13.6. The van der Waals surface area contributed by atoms with Gasteiger partial charge in [-0.15, -0.1) is 0 Å². The normalized spacial score (nSPS) is 28.8. The summed E-state index contributed by atoms with van der Waals surface area (Å²) in [5.74, 6) is -0.179. The molecule has 1 N–H and O–H groups in total. The largest absolute Gasteiger partial charge is 0.511 e. The molecule has 3 unspecified atom stereocenters. The molecule has 3 aliphatic rings. The van der Waals surface area contributed by atoms with E-state index in [1.165, 1.54) is 5.56 Å². The highest BCUT2D eigenvalue weighted by Gasteiger charge is 2.62. The van der Waals surface area contributed by atoms with Gasteiger partial charge in [0.1, 0.15) is 5.76 Å². The fraction of sp³-hybridized carbons (Fsp3) is 0.407. The summed E-state index contributed by atoms with van der Waals surface area (Å²) in [6.45, 7) is 6.28. The molecular weight excluding hydrogens is 386 g/mol. The Labute approximate surface area is 183 Å². The lowest BCUT2D eigenvalue weighted by Gasteiger charge is -2.27. The van der Waals surface area contributed by atoms with Gasteiger partial charge >= 0.3 is 0 Å². The molecule has 2 saturated heterocycles. The van der Waals surface area contributed by atoms with E-state index in [9.17, 15) is 9.90 Å². The average molecular weight is 414 g/mol. The third kappa shape index (κ3) is 2.87. The Balaban J connectivity index is 1.57. The number of aryl methyl sites for hydroxylation is 3. The Morgan fingerprint density at radius 2 is 1.74 bits per heavy atom. The number of nitriles is 1. The van der Waals surface area contributed by atoms with Gasteiger partial charge in [-0.3, -0.25) is 4.79 Å². The van der Waals surface area contributed by atoms with Crippen molar-refractivity contribution < 1.29 is 14.6 Å². The summed E-state index contributed by atoms with van der Waals surface area (Å²) in [5.41, 5.74) is 6.66. The van der Waals surface area contributed by atoms with E-state index in [4.69, 9.17) is 10.00 Å². The highest BCUT2D eigenvalue weighted by molar-refractivity contribution is 6.26. The summed E-state index contributed by atoms with van der Waals surface area (Å²) in [4.78, 5) is 13.6. The van der Waals surface area contributed by atoms with Crippen LogP contribution in [0.1, 0.15) is 59.6 Å². The zero-order chi connectivity index (χ0) is 21.9. The lowest BCUT2D eigenvalue weighted by Crippen LogP contribution is -2.33. The fourth-order valence-corrected chi connectivity index (χ4v) is 6.06. The van der Waals surface area contributed by atoms with Crippen LogP contribution >= 0.6 is 0 Å². The summed E-state index contributed by atoms with van der Waals surface area (Å²) < 4.78 is 6.24. The second kappa shape index (κ2) is 7.35. The van der Waals surface area contributed by atoms with E-state index in [0.717, 1.165) is 41.5 Å². The molecule has 4 heteroatoms. The summed E-state index contributed by atoms with van der Waals surface area (Å²) in [6.07, 6.45) is 2.05. The third-order valence-corrected chi connectivity index (χ3v) is 7.40. The van der Waals surface area contributed by atoms with Crippen LogP contribution in [0.15, 0.2) is 42.2 Å². The van der Waals surface area contributed by atoms with E-state index in [1.54, 1.807) is 0 Å². The van der Waals surface area contributed by atoms with Crippen LogP contribution in [0.2, 0.25) is 0 Å². The number of Topliss-reactive ketones (excluding diaryl/α,β-unsaturated/α-hetero) is 1. The molecule has 1 aliphatic carbocycles. The number of nitrogens with zero attached hydrogens (tertiary/aromatic N) is 1. The van der Waals surface area contributed by atoms with Gasteiger partial charge < -0.3 is 9.84 Å². The summed E-state index contributed by atoms with van der Waals surface area (Å²) in [7, 11) is 0. The zero-order valence-corrected chi connectivity index (χ0v) is 18.2. The van der Waals surface area contributed by atoms with Crippen LogP contribution in [0, 0.1) is 30.1 Å². The molecule has 5 rings (SSSR count). The van der Waals surface area contributed by atoms with Crippen LogP contribution in [0.3, 0.4) is 0 Å². The fourth-order valence-electron chi connectivity index (χ4n) is 6.06. The maximum atomic E-state index is 13.6. The van der Waals surface area contributed by atoms with Gasteiger partial charge in [0.25, 0.3) is 0 Å². The second-order valence-electron chi connectivity index (χ2n) is 9.06. The van der Waals surface area contributed by atoms with Crippen molar-refractivity contribution in [2.75, 3.05) is 0 Å². The number of allylic oxidation sites excluding steroid dienone is 1. The molecule has 0 saturated carbocycles. The van der Waals surface area contributed by atoms with Crippen molar-refractivity contribution in [2.45, 2.75) is 58.2 Å². The number of rotatable bonds is 4. The van der Waals surface area contributed by atoms with Gasteiger partial charge in [0, 0.05) is 5.92 Å². The SMILES string of the molecule is CCc1cc(C)cc(CC)c1C1=C(O)[C@@H]2C3OC(CC3c3ccc(C#N)cc3)[C@@H]2C1=O. The van der Waals surface area contributed by atoms with Crippen molar-refractivity contribution in [3.63, 3.8) is 0 Å². The molecule has 2 fully saturated rings. The van der Waals surface area contributed by atoms with E-state index in [-0.39, 0.29) is 41.5 Å². The van der Waals surface area contributed by atoms with Crippen molar-refractivity contribution in [1.82, 2.24) is 0 Å². The first-order valence-corrected chi connectivity index (χ1v) is 11.2. The van der Waals surface area contributed by atoms with Gasteiger partial charge in [0.05, 0.1) is 41.2 Å². The number of carbonyl (C=O) groups excluding carboxylic acids is 1. The van der Waals surface area contributed by atoms with Crippen molar-refractivity contribution in [3.05, 3.63) is 75.5 Å². The van der Waals surface area contributed by atoms with Gasteiger partial charge in [0.15, 0.2) is 5.78 Å². The Kier molecular flexibility index (Phi) is 4.75. The van der Waals surface area contributed by atoms with Gasteiger partial charge in [-0.25, -0.2) is 0 Å². The molecule has 0 aromatic heterocycles. The Bertz CT molecular complexity index is 1110. The van der Waals surface area contributed by atoms with E-state index >= 15 is 0 Å². The molecule has 158 valence electrons. The van der Waals surface area contributed by atoms with E-state index in [1.807, 2.05) is 24.3 Å². The van der Waals surface area contributed by atoms with Gasteiger partial charge in [-0.2, -0.15) is 5.26 Å². The first-order valence-electron chi connectivity index (χ1n) is 11.2. The Hall–Kier alpha value is -2.90. The van der Waals surface area contributed by atoms with Gasteiger partial charge in [-0.05, 0) is 60.6 Å². The maximum Gasteiger partial charge on any atom is 0.173 e. The van der Waals surface area contributed by atoms with Crippen LogP contribution < -0.4 is 0 Å². The molecular formula is C27H27NO3. The number of ether oxygens (including phenoxy) is 1. The first-order chi connectivity index (χ1) is 15.0. The quantitative estimate of drug-likeness (QED) is 0.763. The minimum absolute atomic E-state index is 0.0431. The molecule has 4 nitrogen and oxygen atoms in total. The predicted octanol–water partition coefficient (Wildman–Crippen LogP) is 5.03. The molecule has 0 radical (unpaired) electrons. The molecule has 2 aromatic carbocycles. The van der Waals surface area contributed by atoms with Crippen LogP contribution in [-0.4, -0.2) is 23.1 Å². The predicted molar refractivity (Wildman–Crippen MR) is 119 cm³/mol. The molecule has 2 aliphatic heterocycles. The summed E-state index contributed by atoms with van der Waals surface area (Å²) in [5, 5.41) is 20.5. The third-order valence-electron chi connectivity index (χ3n) is 7.40. The standard InChI is InChI=1S/C27H27NO3/c1-4-16-10-14(3)11-17(5-2)21(16)23-25(29)22-20-12-19(27(31-20)24(22)26(23)30)18-8-6-15(13-28)7-9-18/h6-11,19-20,22,24,27,30H,4-5,12H2,1-3H3/t19?,20?,22-,24+,27?/m0/s1. The number of hydrogen-bond acceptors (Lipinski definition) is 4. The monoisotopic (exact) mass is 413 g/mol. The molecule has 0 spiro atoms. The van der Waals surface area contributed by atoms with E-state index < -0.39 is 0 Å². The zero-order valence-electron chi connectivity index (χ0n) is 18.2. The summed E-state index contributed by atoms with van der Waals surface area (Å²) in [6, 6.07) is 14.0. The molecule has 31 heavy (non-hydrogen) atoms. The van der Waals surface area contributed by atoms with Crippen molar-refractivity contribution >= 4 is 11.4 Å². The second-order valence-corrected chi connectivity index (χ2v) is 9.06. The first kappa shape index (κ1) is 20.0. The lowest BCUT2D eigenvalue weighted by atomic mass is 9.72. The lowest BCUT2D eigenvalue weighted by molar-refractivity contribution is -0.118. The van der Waals surface area contributed by atoms with Crippen LogP contribution in [0.4, 0.5) is 0 Å². The topological polar surface area (TPSA) is 70.3 Å². The van der Waals surface area contributed by atoms with E-state index in [2.05, 4.69) is 39.0 Å². The molecule has 2 heterocycles. The smallest absolute Gasteiger partial charge is 0.173 e. The number of benzene rings is 2. The van der Waals surface area contributed by atoms with Crippen LogP contribution in [0.25, 0.3) is 5.57 Å². The Morgan fingerprint density at radius 1 is 1.10 bits per heavy atom. The molecule has 5 atom stereocenters. The minimum Gasteiger partial charge on any atom is -0.511 e. The average Bonchev–Trinajstić information content (AvgIpc) is 3.45. The number of hydrogen-bond donors (Lipinski definition) is 1. The number of aliphatic hydroxyl groups is 1. The van der Waals surface area contributed by atoms with Crippen LogP contribution in [-0.2, 0) is 22.4 Å². The highest BCUT2D eigenvalue weighted by Crippen LogP contribution is 2.58. The number of ketones is 1. The Morgan fingerprint density at radius 3 is 2.32 bits per heavy atom. The summed E-state index contributed by atoms with van der Waals surface area (Å²) >= 11 is 0. The van der Waals surface area contributed by atoms with Crippen molar-refractivity contribution in [1.29, 1.82) is 5.26 Å². The van der Waals surface area contributed by atoms with Gasteiger partial charge in [0.2, 0.25) is 0 Å². The van der Waals surface area contributed by atoms with Crippen molar-refractivity contribution in [3.8, 4) is 6.07 Å². The molecule has 0 amide bonds. The van der Waals surface area contributed by atoms with Crippen molar-refractivity contribution in [2.24, 2.45) is 11.8 Å². The molecule has 2 bridgehead atoms.